The Morgan fingerprint density at radius 3 is 2.95 bits per heavy atom. The van der Waals surface area contributed by atoms with Gasteiger partial charge in [0.15, 0.2) is 11.5 Å². The van der Waals surface area contributed by atoms with Crippen LogP contribution in [0.5, 0.6) is 11.5 Å². The van der Waals surface area contributed by atoms with Crippen molar-refractivity contribution in [2.75, 3.05) is 13.2 Å². The topological polar surface area (TPSA) is 47.6 Å². The molecule has 1 unspecified atom stereocenters. The molecule has 104 valence electrons. The van der Waals surface area contributed by atoms with Gasteiger partial charge in [-0.15, -0.1) is 11.3 Å². The number of benzene rings is 1. The second-order valence-corrected chi connectivity index (χ2v) is 7.15. The molecular weight excluding hydrogens is 389 g/mol. The van der Waals surface area contributed by atoms with Crippen LogP contribution in [-0.4, -0.2) is 25.2 Å². The summed E-state index contributed by atoms with van der Waals surface area (Å²) in [5, 5.41) is 4.72. The molecule has 0 spiro atoms. The molecule has 2 aromatic rings. The molecule has 1 aliphatic heterocycles. The van der Waals surface area contributed by atoms with E-state index in [1.807, 2.05) is 35.7 Å². The Hall–Kier alpha value is -1.28. The van der Waals surface area contributed by atoms with Crippen molar-refractivity contribution in [1.82, 2.24) is 5.32 Å². The zero-order valence-electron chi connectivity index (χ0n) is 10.5. The minimum Gasteiger partial charge on any atom is -0.486 e. The number of hydrogen-bond donors (Lipinski definition) is 1. The van der Waals surface area contributed by atoms with E-state index in [0.29, 0.717) is 18.7 Å². The summed E-state index contributed by atoms with van der Waals surface area (Å²) in [4.78, 5) is 11.9. The van der Waals surface area contributed by atoms with Crippen LogP contribution in [0.1, 0.15) is 10.4 Å². The molecule has 0 saturated heterocycles. The van der Waals surface area contributed by atoms with E-state index in [4.69, 9.17) is 9.47 Å². The number of rotatable bonds is 3. The molecule has 20 heavy (non-hydrogen) atoms. The molecule has 6 heteroatoms. The number of halogens is 1. The van der Waals surface area contributed by atoms with Gasteiger partial charge in [0.1, 0.15) is 12.7 Å². The number of ether oxygens (including phenoxy) is 2. The van der Waals surface area contributed by atoms with Crippen LogP contribution in [0.4, 0.5) is 0 Å². The number of fused-ring (bicyclic) bond motifs is 1. The summed E-state index contributed by atoms with van der Waals surface area (Å²) in [5.74, 6) is 1.40. The van der Waals surface area contributed by atoms with Crippen molar-refractivity contribution < 1.29 is 14.3 Å². The van der Waals surface area contributed by atoms with Gasteiger partial charge in [0.2, 0.25) is 0 Å². The molecule has 0 bridgehead atoms. The molecule has 0 fully saturated rings. The molecule has 1 aliphatic rings. The number of carbonyl (C=O) groups is 1. The van der Waals surface area contributed by atoms with Gasteiger partial charge in [-0.25, -0.2) is 0 Å². The Morgan fingerprint density at radius 1 is 1.40 bits per heavy atom. The van der Waals surface area contributed by atoms with E-state index in [2.05, 4.69) is 27.9 Å². The zero-order chi connectivity index (χ0) is 13.9. The van der Waals surface area contributed by atoms with Crippen LogP contribution in [0.2, 0.25) is 0 Å². The smallest absolute Gasteiger partial charge is 0.252 e. The van der Waals surface area contributed by atoms with E-state index in [-0.39, 0.29) is 12.0 Å². The molecule has 1 amide bonds. The summed E-state index contributed by atoms with van der Waals surface area (Å²) in [5.41, 5.74) is 0.691. The number of hydrogen-bond acceptors (Lipinski definition) is 4. The maximum Gasteiger partial charge on any atom is 0.252 e. The number of nitrogens with one attached hydrogen (secondary N) is 1. The Balaban J connectivity index is 1.56. The lowest BCUT2D eigenvalue weighted by molar-refractivity contribution is 0.0789. The Labute approximate surface area is 134 Å². The van der Waals surface area contributed by atoms with Gasteiger partial charge in [-0.1, -0.05) is 12.1 Å². The van der Waals surface area contributed by atoms with E-state index >= 15 is 0 Å². The van der Waals surface area contributed by atoms with Crippen LogP contribution in [-0.2, 0) is 0 Å². The fourth-order valence-corrected chi connectivity index (χ4v) is 3.23. The lowest BCUT2D eigenvalue weighted by Gasteiger charge is -2.26. The highest BCUT2D eigenvalue weighted by Crippen LogP contribution is 2.30. The van der Waals surface area contributed by atoms with Gasteiger partial charge in [-0.3, -0.25) is 4.79 Å². The summed E-state index contributed by atoms with van der Waals surface area (Å²) >= 11 is 3.75. The van der Waals surface area contributed by atoms with E-state index in [9.17, 15) is 4.79 Å². The van der Waals surface area contributed by atoms with Crippen LogP contribution in [0.15, 0.2) is 35.7 Å². The third kappa shape index (κ3) is 3.06. The molecule has 1 aromatic heterocycles. The largest absolute Gasteiger partial charge is 0.486 e. The summed E-state index contributed by atoms with van der Waals surface area (Å²) in [6, 6.07) is 9.41. The molecular formula is C14H12INO3S. The van der Waals surface area contributed by atoms with Crippen molar-refractivity contribution in [1.29, 1.82) is 0 Å². The van der Waals surface area contributed by atoms with Crippen LogP contribution in [0.3, 0.4) is 0 Å². The van der Waals surface area contributed by atoms with Crippen LogP contribution in [0, 0.1) is 2.88 Å². The lowest BCUT2D eigenvalue weighted by atomic mass is 10.2. The highest BCUT2D eigenvalue weighted by atomic mass is 127. The van der Waals surface area contributed by atoms with Gasteiger partial charge in [-0.05, 0) is 40.8 Å². The third-order valence-corrected chi connectivity index (χ3v) is 4.68. The molecule has 1 atom stereocenters. The predicted molar refractivity (Wildman–Crippen MR) is 85.7 cm³/mol. The third-order valence-electron chi connectivity index (χ3n) is 2.89. The highest BCUT2D eigenvalue weighted by molar-refractivity contribution is 14.1. The van der Waals surface area contributed by atoms with Gasteiger partial charge in [0.25, 0.3) is 5.91 Å². The molecule has 1 N–H and O–H groups in total. The fourth-order valence-electron chi connectivity index (χ4n) is 1.90. The minimum absolute atomic E-state index is 0.0772. The molecule has 4 nitrogen and oxygen atoms in total. The van der Waals surface area contributed by atoms with Gasteiger partial charge in [0.05, 0.1) is 15.0 Å². The summed E-state index contributed by atoms with van der Waals surface area (Å²) in [6.45, 7) is 0.873. The number of thiophene rings is 1. The second-order valence-electron chi connectivity index (χ2n) is 4.35. The molecule has 1 aromatic carbocycles. The summed E-state index contributed by atoms with van der Waals surface area (Å²) in [6.07, 6.45) is -0.161. The standard InChI is InChI=1S/C14H12INO3S/c15-13-5-9(8-20-13)14(17)16-6-10-7-18-11-3-1-2-4-12(11)19-10/h1-5,8,10H,6-7H2,(H,16,17). The highest BCUT2D eigenvalue weighted by Gasteiger charge is 2.21. The lowest BCUT2D eigenvalue weighted by Crippen LogP contribution is -2.40. The second kappa shape index (κ2) is 6.01. The average Bonchev–Trinajstić information content (AvgIpc) is 2.91. The number of carbonyl (C=O) groups excluding carboxylic acids is 1. The first-order chi connectivity index (χ1) is 9.72. The number of para-hydroxylation sites is 2. The van der Waals surface area contributed by atoms with Crippen molar-refractivity contribution in [2.45, 2.75) is 6.10 Å². The maximum absolute atomic E-state index is 11.9. The van der Waals surface area contributed by atoms with Crippen molar-refractivity contribution in [3.05, 3.63) is 44.2 Å². The van der Waals surface area contributed by atoms with E-state index in [0.717, 1.165) is 14.4 Å². The predicted octanol–water partition coefficient (Wildman–Crippen LogP) is 2.92. The first kappa shape index (κ1) is 13.7. The zero-order valence-corrected chi connectivity index (χ0v) is 13.4. The SMILES string of the molecule is O=C(NCC1COc2ccccc2O1)c1csc(I)c1. The number of amides is 1. The molecule has 2 heterocycles. The van der Waals surface area contributed by atoms with Gasteiger partial charge in [0, 0.05) is 5.38 Å². The van der Waals surface area contributed by atoms with Crippen molar-refractivity contribution in [3.8, 4) is 11.5 Å². The summed E-state index contributed by atoms with van der Waals surface area (Å²) in [7, 11) is 0. The van der Waals surface area contributed by atoms with Crippen LogP contribution < -0.4 is 14.8 Å². The minimum atomic E-state index is -0.161. The Morgan fingerprint density at radius 2 is 2.20 bits per heavy atom. The molecule has 0 aliphatic carbocycles. The van der Waals surface area contributed by atoms with Crippen molar-refractivity contribution in [2.24, 2.45) is 0 Å². The van der Waals surface area contributed by atoms with Crippen LogP contribution >= 0.6 is 33.9 Å². The first-order valence-electron chi connectivity index (χ1n) is 6.13. The van der Waals surface area contributed by atoms with Gasteiger partial charge < -0.3 is 14.8 Å². The monoisotopic (exact) mass is 401 g/mol. The van der Waals surface area contributed by atoms with Crippen molar-refractivity contribution in [3.63, 3.8) is 0 Å². The Kier molecular flexibility index (Phi) is 4.11. The summed E-state index contributed by atoms with van der Waals surface area (Å²) < 4.78 is 12.5. The molecule has 0 radical (unpaired) electrons. The normalized spacial score (nSPS) is 16.8. The Bertz CT molecular complexity index is 628. The van der Waals surface area contributed by atoms with Crippen molar-refractivity contribution >= 4 is 39.8 Å². The fraction of sp³-hybridized carbons (Fsp3) is 0.214. The molecule has 3 rings (SSSR count). The van der Waals surface area contributed by atoms with Crippen LogP contribution in [0.25, 0.3) is 0 Å². The average molecular weight is 401 g/mol. The molecule has 0 saturated carbocycles. The quantitative estimate of drug-likeness (QED) is 0.805. The van der Waals surface area contributed by atoms with E-state index in [1.54, 1.807) is 11.3 Å². The first-order valence-corrected chi connectivity index (χ1v) is 8.09. The van der Waals surface area contributed by atoms with E-state index < -0.39 is 0 Å². The van der Waals surface area contributed by atoms with E-state index in [1.165, 1.54) is 0 Å². The van der Waals surface area contributed by atoms with Gasteiger partial charge in [-0.2, -0.15) is 0 Å². The maximum atomic E-state index is 11.9. The van der Waals surface area contributed by atoms with Gasteiger partial charge >= 0.3 is 0 Å².